The molecule has 2 aliphatic rings. The molecule has 2 aliphatic heterocycles. The number of hydrogen-bond donors (Lipinski definition) is 2. The van der Waals surface area contributed by atoms with Crippen molar-refractivity contribution in [2.24, 2.45) is 5.92 Å². The van der Waals surface area contributed by atoms with Crippen LogP contribution >= 0.6 is 0 Å². The predicted octanol–water partition coefficient (Wildman–Crippen LogP) is 2.12. The number of benzene rings is 1. The van der Waals surface area contributed by atoms with Crippen molar-refractivity contribution >= 4 is 11.8 Å². The van der Waals surface area contributed by atoms with E-state index in [0.29, 0.717) is 18.8 Å². The van der Waals surface area contributed by atoms with Crippen LogP contribution in [0.3, 0.4) is 0 Å². The highest BCUT2D eigenvalue weighted by atomic mass is 16.2. The Morgan fingerprint density at radius 1 is 1.12 bits per heavy atom. The first-order valence-electron chi connectivity index (χ1n) is 10.0. The van der Waals surface area contributed by atoms with Crippen LogP contribution in [0.15, 0.2) is 30.3 Å². The van der Waals surface area contributed by atoms with Crippen LogP contribution in [-0.4, -0.2) is 48.9 Å². The smallest absolute Gasteiger partial charge is 0.245 e. The molecule has 1 aromatic carbocycles. The number of carbonyl (C=O) groups is 2. The number of likely N-dealkylation sites (tertiary alicyclic amines) is 1. The van der Waals surface area contributed by atoms with Gasteiger partial charge in [-0.25, -0.2) is 0 Å². The lowest BCUT2D eigenvalue weighted by molar-refractivity contribution is -0.135. The lowest BCUT2D eigenvalue weighted by Crippen LogP contribution is -2.49. The Hall–Kier alpha value is -1.88. The summed E-state index contributed by atoms with van der Waals surface area (Å²) in [7, 11) is 0. The van der Waals surface area contributed by atoms with Crippen LogP contribution in [0.25, 0.3) is 0 Å². The van der Waals surface area contributed by atoms with Crippen molar-refractivity contribution in [2.45, 2.75) is 51.0 Å². The van der Waals surface area contributed by atoms with E-state index < -0.39 is 6.04 Å². The van der Waals surface area contributed by atoms with E-state index >= 15 is 0 Å². The maximum absolute atomic E-state index is 12.9. The molecule has 0 aliphatic carbocycles. The molecule has 142 valence electrons. The van der Waals surface area contributed by atoms with Crippen molar-refractivity contribution in [3.63, 3.8) is 0 Å². The Kier molecular flexibility index (Phi) is 7.06. The van der Waals surface area contributed by atoms with Crippen LogP contribution in [0, 0.1) is 5.92 Å². The molecule has 26 heavy (non-hydrogen) atoms. The summed E-state index contributed by atoms with van der Waals surface area (Å²) in [6.45, 7) is 3.73. The van der Waals surface area contributed by atoms with Crippen molar-refractivity contribution in [1.29, 1.82) is 0 Å². The Morgan fingerprint density at radius 2 is 1.81 bits per heavy atom. The van der Waals surface area contributed by atoms with Gasteiger partial charge in [-0.05, 0) is 56.7 Å². The van der Waals surface area contributed by atoms with Gasteiger partial charge in [-0.15, -0.1) is 0 Å². The molecule has 0 saturated carbocycles. The average Bonchev–Trinajstić information content (AvgIpc) is 3.22. The summed E-state index contributed by atoms with van der Waals surface area (Å²) in [4.78, 5) is 27.3. The van der Waals surface area contributed by atoms with Gasteiger partial charge in [0.25, 0.3) is 0 Å². The topological polar surface area (TPSA) is 61.4 Å². The normalized spacial score (nSPS) is 19.3. The Bertz CT molecular complexity index is 578. The summed E-state index contributed by atoms with van der Waals surface area (Å²) in [5.74, 6) is 0.711. The van der Waals surface area contributed by atoms with Crippen LogP contribution in [0.5, 0.6) is 0 Å². The number of amides is 2. The molecule has 0 bridgehead atoms. The number of rotatable bonds is 7. The van der Waals surface area contributed by atoms with E-state index in [1.807, 2.05) is 35.2 Å². The second-order valence-corrected chi connectivity index (χ2v) is 7.57. The third-order valence-electron chi connectivity index (χ3n) is 5.57. The van der Waals surface area contributed by atoms with Crippen molar-refractivity contribution in [1.82, 2.24) is 15.5 Å². The standard InChI is InChI=1S/C21H31N3O2/c25-20(9-8-17-10-12-22-13-11-17)23-19(16-18-6-2-1-3-7-18)21(26)24-14-4-5-15-24/h1-3,6-7,17,19,22H,4-5,8-16H2,(H,23,25). The first-order chi connectivity index (χ1) is 12.7. The number of nitrogens with one attached hydrogen (secondary N) is 2. The molecule has 0 spiro atoms. The Morgan fingerprint density at radius 3 is 2.50 bits per heavy atom. The van der Waals surface area contributed by atoms with Crippen molar-refractivity contribution < 1.29 is 9.59 Å². The fraction of sp³-hybridized carbons (Fsp3) is 0.619. The maximum Gasteiger partial charge on any atom is 0.245 e. The van der Waals surface area contributed by atoms with E-state index in [4.69, 9.17) is 0 Å². The van der Waals surface area contributed by atoms with Gasteiger partial charge in [0.15, 0.2) is 0 Å². The van der Waals surface area contributed by atoms with Crippen LogP contribution in [0.4, 0.5) is 0 Å². The Balaban J connectivity index is 1.56. The van der Waals surface area contributed by atoms with Crippen molar-refractivity contribution in [3.05, 3.63) is 35.9 Å². The monoisotopic (exact) mass is 357 g/mol. The third kappa shape index (κ3) is 5.56. The zero-order valence-corrected chi connectivity index (χ0v) is 15.6. The molecular formula is C21H31N3O2. The van der Waals surface area contributed by atoms with E-state index in [2.05, 4.69) is 10.6 Å². The molecule has 1 unspecified atom stereocenters. The van der Waals surface area contributed by atoms with Gasteiger partial charge in [-0.1, -0.05) is 30.3 Å². The molecule has 2 fully saturated rings. The van der Waals surface area contributed by atoms with E-state index in [0.717, 1.165) is 63.8 Å². The quantitative estimate of drug-likeness (QED) is 0.786. The highest BCUT2D eigenvalue weighted by Crippen LogP contribution is 2.18. The Labute approximate surface area is 156 Å². The molecule has 5 nitrogen and oxygen atoms in total. The lowest BCUT2D eigenvalue weighted by Gasteiger charge is -2.25. The number of carbonyl (C=O) groups excluding carboxylic acids is 2. The molecule has 2 amide bonds. The maximum atomic E-state index is 12.9. The molecule has 5 heteroatoms. The molecule has 2 heterocycles. The van der Waals surface area contributed by atoms with Crippen molar-refractivity contribution in [3.8, 4) is 0 Å². The van der Waals surface area contributed by atoms with Crippen LogP contribution in [0.1, 0.15) is 44.1 Å². The van der Waals surface area contributed by atoms with E-state index in [-0.39, 0.29) is 11.8 Å². The van der Waals surface area contributed by atoms with Crippen LogP contribution in [0.2, 0.25) is 0 Å². The zero-order chi connectivity index (χ0) is 18.2. The fourth-order valence-electron chi connectivity index (χ4n) is 3.98. The average molecular weight is 357 g/mol. The predicted molar refractivity (Wildman–Crippen MR) is 103 cm³/mol. The summed E-state index contributed by atoms with van der Waals surface area (Å²) in [5.41, 5.74) is 1.09. The summed E-state index contributed by atoms with van der Waals surface area (Å²) >= 11 is 0. The number of piperidine rings is 1. The van der Waals surface area contributed by atoms with E-state index in [1.165, 1.54) is 0 Å². The van der Waals surface area contributed by atoms with E-state index in [9.17, 15) is 9.59 Å². The largest absolute Gasteiger partial charge is 0.344 e. The number of nitrogens with zero attached hydrogens (tertiary/aromatic N) is 1. The minimum Gasteiger partial charge on any atom is -0.344 e. The SMILES string of the molecule is O=C(CCC1CCNCC1)NC(Cc1ccccc1)C(=O)N1CCCC1. The molecule has 2 N–H and O–H groups in total. The fourth-order valence-corrected chi connectivity index (χ4v) is 3.98. The van der Waals surface area contributed by atoms with Crippen LogP contribution < -0.4 is 10.6 Å². The molecule has 3 rings (SSSR count). The third-order valence-corrected chi connectivity index (χ3v) is 5.57. The van der Waals surface area contributed by atoms with Gasteiger partial charge in [-0.2, -0.15) is 0 Å². The molecule has 2 saturated heterocycles. The molecule has 0 radical (unpaired) electrons. The second-order valence-electron chi connectivity index (χ2n) is 7.57. The minimum atomic E-state index is -0.448. The van der Waals surface area contributed by atoms with Gasteiger partial charge in [0.05, 0.1) is 0 Å². The second kappa shape index (κ2) is 9.72. The summed E-state index contributed by atoms with van der Waals surface area (Å²) in [5, 5.41) is 6.39. The molecule has 0 aromatic heterocycles. The first kappa shape index (κ1) is 18.9. The zero-order valence-electron chi connectivity index (χ0n) is 15.6. The summed E-state index contributed by atoms with van der Waals surface area (Å²) in [6, 6.07) is 9.52. The highest BCUT2D eigenvalue weighted by Gasteiger charge is 2.28. The molecule has 1 atom stereocenters. The minimum absolute atomic E-state index is 0.0111. The van der Waals surface area contributed by atoms with Gasteiger partial charge in [0.2, 0.25) is 11.8 Å². The van der Waals surface area contributed by atoms with Crippen LogP contribution in [-0.2, 0) is 16.0 Å². The molecule has 1 aromatic rings. The summed E-state index contributed by atoms with van der Waals surface area (Å²) < 4.78 is 0. The first-order valence-corrected chi connectivity index (χ1v) is 10.0. The number of hydrogen-bond acceptors (Lipinski definition) is 3. The van der Waals surface area contributed by atoms with Gasteiger partial charge in [0.1, 0.15) is 6.04 Å². The van der Waals surface area contributed by atoms with Gasteiger partial charge in [0, 0.05) is 25.9 Å². The van der Waals surface area contributed by atoms with Gasteiger partial charge < -0.3 is 15.5 Å². The summed E-state index contributed by atoms with van der Waals surface area (Å²) in [6.07, 6.45) is 6.42. The van der Waals surface area contributed by atoms with E-state index in [1.54, 1.807) is 0 Å². The highest BCUT2D eigenvalue weighted by molar-refractivity contribution is 5.88. The van der Waals surface area contributed by atoms with Gasteiger partial charge >= 0.3 is 0 Å². The van der Waals surface area contributed by atoms with Gasteiger partial charge in [-0.3, -0.25) is 9.59 Å². The van der Waals surface area contributed by atoms with Crippen molar-refractivity contribution in [2.75, 3.05) is 26.2 Å². The lowest BCUT2D eigenvalue weighted by atomic mass is 9.93. The molecular weight excluding hydrogens is 326 g/mol.